The minimum atomic E-state index is -4.90. The number of carbonyl (C=O) groups is 1. The number of benzene rings is 1. The molecule has 17 heavy (non-hydrogen) atoms. The summed E-state index contributed by atoms with van der Waals surface area (Å²) in [5.41, 5.74) is 0.616. The molecule has 1 aromatic carbocycles. The summed E-state index contributed by atoms with van der Waals surface area (Å²) in [5.74, 6) is -1.99. The molecule has 0 aliphatic carbocycles. The van der Waals surface area contributed by atoms with Crippen molar-refractivity contribution >= 4 is 22.5 Å². The van der Waals surface area contributed by atoms with Crippen molar-refractivity contribution in [1.82, 2.24) is 4.98 Å². The molecule has 3 nitrogen and oxygen atoms in total. The van der Waals surface area contributed by atoms with Crippen LogP contribution in [0.2, 0.25) is 0 Å². The minimum absolute atomic E-state index is 0.0953. The molecule has 1 amide bonds. The van der Waals surface area contributed by atoms with Crippen LogP contribution in [0.3, 0.4) is 0 Å². The van der Waals surface area contributed by atoms with E-state index in [-0.39, 0.29) is 5.69 Å². The standard InChI is InChI=1S/C11H7F3N2O/c12-11(13,14)10(17)16-9-5-1-4-8-7(9)3-2-6-15-8/h1-6H,(H,16,17). The third-order valence-corrected chi connectivity index (χ3v) is 2.15. The maximum absolute atomic E-state index is 12.1. The molecule has 0 saturated heterocycles. The number of rotatable bonds is 1. The molecule has 0 saturated carbocycles. The molecule has 0 spiro atoms. The number of pyridine rings is 1. The summed E-state index contributed by atoms with van der Waals surface area (Å²) in [6.45, 7) is 0. The van der Waals surface area contributed by atoms with Crippen LogP contribution in [-0.2, 0) is 4.79 Å². The number of alkyl halides is 3. The van der Waals surface area contributed by atoms with Gasteiger partial charge >= 0.3 is 12.1 Å². The van der Waals surface area contributed by atoms with Crippen LogP contribution in [0.15, 0.2) is 36.5 Å². The Morgan fingerprint density at radius 1 is 1.18 bits per heavy atom. The zero-order valence-corrected chi connectivity index (χ0v) is 8.45. The highest BCUT2D eigenvalue weighted by Crippen LogP contribution is 2.24. The molecule has 2 rings (SSSR count). The van der Waals surface area contributed by atoms with Gasteiger partial charge in [0.25, 0.3) is 0 Å². The molecule has 1 N–H and O–H groups in total. The molecule has 1 aromatic heterocycles. The average Bonchev–Trinajstić information content (AvgIpc) is 2.28. The van der Waals surface area contributed by atoms with Gasteiger partial charge in [0.1, 0.15) is 0 Å². The highest BCUT2D eigenvalue weighted by Gasteiger charge is 2.38. The lowest BCUT2D eigenvalue weighted by Crippen LogP contribution is -2.29. The molecule has 0 fully saturated rings. The monoisotopic (exact) mass is 240 g/mol. The van der Waals surface area contributed by atoms with Gasteiger partial charge in [-0.1, -0.05) is 6.07 Å². The largest absolute Gasteiger partial charge is 0.471 e. The van der Waals surface area contributed by atoms with E-state index in [2.05, 4.69) is 4.98 Å². The highest BCUT2D eigenvalue weighted by molar-refractivity contribution is 6.02. The lowest BCUT2D eigenvalue weighted by molar-refractivity contribution is -0.167. The van der Waals surface area contributed by atoms with E-state index in [9.17, 15) is 18.0 Å². The van der Waals surface area contributed by atoms with Gasteiger partial charge in [0.2, 0.25) is 0 Å². The molecule has 0 radical (unpaired) electrons. The van der Waals surface area contributed by atoms with Gasteiger partial charge in [-0.25, -0.2) is 0 Å². The van der Waals surface area contributed by atoms with E-state index < -0.39 is 12.1 Å². The molecule has 0 atom stereocenters. The Labute approximate surface area is 94.3 Å². The van der Waals surface area contributed by atoms with E-state index in [0.717, 1.165) is 0 Å². The first-order chi connectivity index (χ1) is 7.98. The van der Waals surface area contributed by atoms with Gasteiger partial charge in [-0.2, -0.15) is 13.2 Å². The number of halogens is 3. The fraction of sp³-hybridized carbons (Fsp3) is 0.0909. The van der Waals surface area contributed by atoms with Crippen molar-refractivity contribution in [2.24, 2.45) is 0 Å². The van der Waals surface area contributed by atoms with Gasteiger partial charge in [-0.3, -0.25) is 9.78 Å². The first kappa shape index (κ1) is 11.4. The van der Waals surface area contributed by atoms with Gasteiger partial charge in [-0.05, 0) is 24.3 Å². The fourth-order valence-electron chi connectivity index (χ4n) is 1.41. The SMILES string of the molecule is O=C(Nc1cccc2ncccc12)C(F)(F)F. The number of nitrogens with one attached hydrogen (secondary N) is 1. The van der Waals surface area contributed by atoms with Crippen molar-refractivity contribution < 1.29 is 18.0 Å². The molecule has 2 aromatic rings. The Kier molecular flexibility index (Phi) is 2.71. The number of amides is 1. The van der Waals surface area contributed by atoms with Crippen LogP contribution >= 0.6 is 0 Å². The van der Waals surface area contributed by atoms with Crippen LogP contribution in [0.25, 0.3) is 10.9 Å². The number of aromatic nitrogens is 1. The summed E-state index contributed by atoms with van der Waals surface area (Å²) in [5, 5.41) is 2.29. The smallest absolute Gasteiger partial charge is 0.318 e. The maximum atomic E-state index is 12.1. The van der Waals surface area contributed by atoms with Crippen molar-refractivity contribution in [3.8, 4) is 0 Å². The second-order valence-electron chi connectivity index (χ2n) is 3.33. The summed E-state index contributed by atoms with van der Waals surface area (Å²) >= 11 is 0. The Hall–Kier alpha value is -2.11. The van der Waals surface area contributed by atoms with Crippen LogP contribution in [0.5, 0.6) is 0 Å². The molecule has 0 aliphatic heterocycles. The Morgan fingerprint density at radius 2 is 1.94 bits per heavy atom. The van der Waals surface area contributed by atoms with Gasteiger partial charge in [0.05, 0.1) is 11.2 Å². The van der Waals surface area contributed by atoms with Crippen LogP contribution < -0.4 is 5.32 Å². The van der Waals surface area contributed by atoms with E-state index in [1.54, 1.807) is 18.2 Å². The normalized spacial score (nSPS) is 11.5. The first-order valence-corrected chi connectivity index (χ1v) is 4.70. The number of carbonyl (C=O) groups excluding carboxylic acids is 1. The lowest BCUT2D eigenvalue weighted by atomic mass is 10.2. The average molecular weight is 240 g/mol. The van der Waals surface area contributed by atoms with Crippen molar-refractivity contribution in [2.45, 2.75) is 6.18 Å². The topological polar surface area (TPSA) is 42.0 Å². The van der Waals surface area contributed by atoms with Crippen LogP contribution in [0, 0.1) is 0 Å². The fourth-order valence-corrected chi connectivity index (χ4v) is 1.41. The van der Waals surface area contributed by atoms with Crippen LogP contribution in [0.1, 0.15) is 0 Å². The molecule has 6 heteroatoms. The first-order valence-electron chi connectivity index (χ1n) is 4.70. The Bertz CT molecular complexity index is 561. The molecular weight excluding hydrogens is 233 g/mol. The Morgan fingerprint density at radius 3 is 2.65 bits per heavy atom. The third-order valence-electron chi connectivity index (χ3n) is 2.15. The van der Waals surface area contributed by atoms with E-state index >= 15 is 0 Å². The molecule has 88 valence electrons. The minimum Gasteiger partial charge on any atom is -0.318 e. The zero-order chi connectivity index (χ0) is 12.5. The van der Waals surface area contributed by atoms with Crippen molar-refractivity contribution in [1.29, 1.82) is 0 Å². The van der Waals surface area contributed by atoms with Crippen molar-refractivity contribution in [2.75, 3.05) is 5.32 Å². The van der Waals surface area contributed by atoms with E-state index in [1.807, 2.05) is 5.32 Å². The summed E-state index contributed by atoms with van der Waals surface area (Å²) in [6.07, 6.45) is -3.37. The second-order valence-corrected chi connectivity index (χ2v) is 3.33. The van der Waals surface area contributed by atoms with Gasteiger partial charge in [0.15, 0.2) is 0 Å². The van der Waals surface area contributed by atoms with E-state index in [0.29, 0.717) is 10.9 Å². The van der Waals surface area contributed by atoms with Crippen molar-refractivity contribution in [3.63, 3.8) is 0 Å². The number of hydrogen-bond donors (Lipinski definition) is 1. The zero-order valence-electron chi connectivity index (χ0n) is 8.45. The summed E-state index contributed by atoms with van der Waals surface area (Å²) in [6, 6.07) is 7.76. The van der Waals surface area contributed by atoms with E-state index in [1.165, 1.54) is 18.3 Å². The number of anilines is 1. The van der Waals surface area contributed by atoms with Gasteiger partial charge in [-0.15, -0.1) is 0 Å². The molecule has 0 unspecified atom stereocenters. The summed E-state index contributed by atoms with van der Waals surface area (Å²) in [4.78, 5) is 14.8. The van der Waals surface area contributed by atoms with E-state index in [4.69, 9.17) is 0 Å². The van der Waals surface area contributed by atoms with Gasteiger partial charge in [0, 0.05) is 11.6 Å². The molecule has 1 heterocycles. The summed E-state index contributed by atoms with van der Waals surface area (Å²) in [7, 11) is 0. The lowest BCUT2D eigenvalue weighted by Gasteiger charge is -2.09. The van der Waals surface area contributed by atoms with Gasteiger partial charge < -0.3 is 5.32 Å². The predicted octanol–water partition coefficient (Wildman–Crippen LogP) is 2.74. The quantitative estimate of drug-likeness (QED) is 0.832. The number of hydrogen-bond acceptors (Lipinski definition) is 2. The number of fused-ring (bicyclic) bond motifs is 1. The molecular formula is C11H7F3N2O. The highest BCUT2D eigenvalue weighted by atomic mass is 19.4. The van der Waals surface area contributed by atoms with Crippen LogP contribution in [-0.4, -0.2) is 17.1 Å². The van der Waals surface area contributed by atoms with Crippen molar-refractivity contribution in [3.05, 3.63) is 36.5 Å². The second kappa shape index (κ2) is 4.04. The Balaban J connectivity index is 2.40. The third kappa shape index (κ3) is 2.35. The number of nitrogens with zero attached hydrogens (tertiary/aromatic N) is 1. The molecule has 0 aliphatic rings. The maximum Gasteiger partial charge on any atom is 0.471 e. The molecule has 0 bridgehead atoms. The summed E-state index contributed by atoms with van der Waals surface area (Å²) < 4.78 is 36.3. The van der Waals surface area contributed by atoms with Crippen LogP contribution in [0.4, 0.5) is 18.9 Å². The predicted molar refractivity (Wildman–Crippen MR) is 56.4 cm³/mol.